The van der Waals surface area contributed by atoms with Gasteiger partial charge in [0, 0.05) is 20.1 Å². The van der Waals surface area contributed by atoms with Crippen LogP contribution in [0.15, 0.2) is 11.1 Å². The molecule has 3 heterocycles. The molecule has 0 aromatic carbocycles. The number of amides is 1. The van der Waals surface area contributed by atoms with Gasteiger partial charge in [0.1, 0.15) is 9.71 Å². The first-order chi connectivity index (χ1) is 11.4. The van der Waals surface area contributed by atoms with Crippen molar-refractivity contribution < 1.29 is 14.3 Å². The Morgan fingerprint density at radius 2 is 2.00 bits per heavy atom. The van der Waals surface area contributed by atoms with Crippen molar-refractivity contribution in [3.05, 3.63) is 27.1 Å². The van der Waals surface area contributed by atoms with Crippen molar-refractivity contribution in [1.82, 2.24) is 14.5 Å². The van der Waals surface area contributed by atoms with E-state index < -0.39 is 12.1 Å². The van der Waals surface area contributed by atoms with E-state index in [-0.39, 0.29) is 11.5 Å². The minimum absolute atomic E-state index is 0.173. The molecule has 8 heteroatoms. The van der Waals surface area contributed by atoms with Crippen LogP contribution in [0, 0.1) is 6.92 Å². The maximum absolute atomic E-state index is 12.4. The average molecular weight is 349 g/mol. The highest BCUT2D eigenvalue weighted by molar-refractivity contribution is 7.20. The van der Waals surface area contributed by atoms with Gasteiger partial charge in [-0.15, -0.1) is 11.3 Å². The van der Waals surface area contributed by atoms with E-state index in [2.05, 4.69) is 4.98 Å². The molecule has 7 nitrogen and oxygen atoms in total. The summed E-state index contributed by atoms with van der Waals surface area (Å²) in [5.41, 5.74) is 0.350. The molecule has 1 aliphatic heterocycles. The van der Waals surface area contributed by atoms with Gasteiger partial charge in [0.25, 0.3) is 11.5 Å². The number of fused-ring (bicyclic) bond motifs is 1. The zero-order valence-electron chi connectivity index (χ0n) is 13.9. The fourth-order valence-electron chi connectivity index (χ4n) is 2.86. The zero-order valence-corrected chi connectivity index (χ0v) is 14.7. The van der Waals surface area contributed by atoms with Gasteiger partial charge in [0.15, 0.2) is 6.10 Å². The van der Waals surface area contributed by atoms with Crippen molar-refractivity contribution in [2.45, 2.75) is 32.8 Å². The van der Waals surface area contributed by atoms with Crippen LogP contribution < -0.4 is 5.56 Å². The van der Waals surface area contributed by atoms with Gasteiger partial charge in [0.2, 0.25) is 0 Å². The molecule has 1 amide bonds. The number of likely N-dealkylation sites (tertiary alicyclic amines) is 1. The lowest BCUT2D eigenvalue weighted by Crippen LogP contribution is -2.38. The Bertz CT molecular complexity index is 864. The maximum atomic E-state index is 12.4. The number of aromatic nitrogens is 2. The summed E-state index contributed by atoms with van der Waals surface area (Å²) in [6.45, 7) is 4.70. The summed E-state index contributed by atoms with van der Waals surface area (Å²) in [4.78, 5) is 43.6. The summed E-state index contributed by atoms with van der Waals surface area (Å²) in [6, 6.07) is 0. The van der Waals surface area contributed by atoms with Crippen LogP contribution in [0.3, 0.4) is 0 Å². The maximum Gasteiger partial charge on any atom is 0.349 e. The summed E-state index contributed by atoms with van der Waals surface area (Å²) in [6.07, 6.45) is 2.55. The molecule has 0 N–H and O–H groups in total. The summed E-state index contributed by atoms with van der Waals surface area (Å²) < 4.78 is 6.71. The van der Waals surface area contributed by atoms with Crippen LogP contribution in [0.1, 0.15) is 35.0 Å². The number of carbonyl (C=O) groups is 2. The molecule has 24 heavy (non-hydrogen) atoms. The molecule has 0 spiro atoms. The first-order valence-corrected chi connectivity index (χ1v) is 8.66. The van der Waals surface area contributed by atoms with E-state index in [1.54, 1.807) is 25.8 Å². The summed E-state index contributed by atoms with van der Waals surface area (Å²) in [5, 5.41) is 0.426. The first kappa shape index (κ1) is 16.6. The third-order valence-corrected chi connectivity index (χ3v) is 5.43. The van der Waals surface area contributed by atoms with Crippen molar-refractivity contribution in [2.24, 2.45) is 7.05 Å². The Kier molecular flexibility index (Phi) is 4.40. The second kappa shape index (κ2) is 6.35. The Morgan fingerprint density at radius 3 is 2.67 bits per heavy atom. The van der Waals surface area contributed by atoms with E-state index in [4.69, 9.17) is 4.74 Å². The van der Waals surface area contributed by atoms with Crippen molar-refractivity contribution in [2.75, 3.05) is 13.1 Å². The highest BCUT2D eigenvalue weighted by Crippen LogP contribution is 2.27. The molecule has 0 aliphatic carbocycles. The standard InChI is InChI=1S/C16H19N3O4S/c1-9-11-13(17-8-18(3)15(11)21)24-12(9)16(22)23-10(2)14(20)19-6-4-5-7-19/h8,10H,4-7H2,1-3H3. The largest absolute Gasteiger partial charge is 0.448 e. The highest BCUT2D eigenvalue weighted by atomic mass is 32.1. The van der Waals surface area contributed by atoms with Gasteiger partial charge < -0.3 is 14.2 Å². The van der Waals surface area contributed by atoms with Crippen LogP contribution in [0.25, 0.3) is 10.2 Å². The van der Waals surface area contributed by atoms with Crippen LogP contribution in [0.2, 0.25) is 0 Å². The normalized spacial score (nSPS) is 15.7. The van der Waals surface area contributed by atoms with E-state index in [9.17, 15) is 14.4 Å². The molecule has 2 aromatic heterocycles. The third-order valence-electron chi connectivity index (χ3n) is 4.25. The van der Waals surface area contributed by atoms with E-state index in [1.807, 2.05) is 0 Å². The quantitative estimate of drug-likeness (QED) is 0.784. The number of hydrogen-bond donors (Lipinski definition) is 0. The predicted molar refractivity (Wildman–Crippen MR) is 90.3 cm³/mol. The average Bonchev–Trinajstić information content (AvgIpc) is 3.18. The molecule has 1 saturated heterocycles. The second-order valence-electron chi connectivity index (χ2n) is 5.98. The number of thiophene rings is 1. The van der Waals surface area contributed by atoms with Gasteiger partial charge in [0.05, 0.1) is 11.7 Å². The predicted octanol–water partition coefficient (Wildman–Crippen LogP) is 1.47. The lowest BCUT2D eigenvalue weighted by atomic mass is 10.2. The molecule has 1 fully saturated rings. The first-order valence-electron chi connectivity index (χ1n) is 7.84. The Labute approximate surface area is 142 Å². The summed E-state index contributed by atoms with van der Waals surface area (Å²) in [7, 11) is 1.61. The Balaban J connectivity index is 1.84. The van der Waals surface area contributed by atoms with E-state index in [0.29, 0.717) is 33.7 Å². The monoisotopic (exact) mass is 349 g/mol. The number of rotatable bonds is 3. The van der Waals surface area contributed by atoms with Gasteiger partial charge in [-0.2, -0.15) is 0 Å². The van der Waals surface area contributed by atoms with Crippen LogP contribution >= 0.6 is 11.3 Å². The minimum Gasteiger partial charge on any atom is -0.448 e. The number of esters is 1. The number of carbonyl (C=O) groups excluding carboxylic acids is 2. The van der Waals surface area contributed by atoms with E-state index >= 15 is 0 Å². The zero-order chi connectivity index (χ0) is 17.4. The lowest BCUT2D eigenvalue weighted by molar-refractivity contribution is -0.138. The molecule has 128 valence electrons. The Hall–Kier alpha value is -2.22. The topological polar surface area (TPSA) is 81.5 Å². The smallest absolute Gasteiger partial charge is 0.349 e. The summed E-state index contributed by atoms with van der Waals surface area (Å²) >= 11 is 1.12. The van der Waals surface area contributed by atoms with Crippen LogP contribution in [0.5, 0.6) is 0 Å². The number of nitrogens with zero attached hydrogens (tertiary/aromatic N) is 3. The van der Waals surface area contributed by atoms with E-state index in [0.717, 1.165) is 24.2 Å². The SMILES string of the molecule is Cc1c(C(=O)OC(C)C(=O)N2CCCC2)sc2ncn(C)c(=O)c12. The van der Waals surface area contributed by atoms with Crippen LogP contribution in [0.4, 0.5) is 0 Å². The van der Waals surface area contributed by atoms with Crippen molar-refractivity contribution in [1.29, 1.82) is 0 Å². The minimum atomic E-state index is -0.837. The molecule has 0 radical (unpaired) electrons. The third kappa shape index (κ3) is 2.82. The Morgan fingerprint density at radius 1 is 1.33 bits per heavy atom. The van der Waals surface area contributed by atoms with Crippen molar-refractivity contribution >= 4 is 33.4 Å². The molecular formula is C16H19N3O4S. The van der Waals surface area contributed by atoms with Crippen LogP contribution in [-0.2, 0) is 16.6 Å². The molecule has 1 unspecified atom stereocenters. The van der Waals surface area contributed by atoms with Gasteiger partial charge in [-0.05, 0) is 32.3 Å². The molecule has 1 aliphatic rings. The fourth-order valence-corrected chi connectivity index (χ4v) is 3.88. The molecular weight excluding hydrogens is 330 g/mol. The van der Waals surface area contributed by atoms with E-state index in [1.165, 1.54) is 10.9 Å². The van der Waals surface area contributed by atoms with Crippen molar-refractivity contribution in [3.8, 4) is 0 Å². The van der Waals surface area contributed by atoms with Gasteiger partial charge in [-0.25, -0.2) is 9.78 Å². The number of hydrogen-bond acceptors (Lipinski definition) is 6. The van der Waals surface area contributed by atoms with Gasteiger partial charge in [-0.3, -0.25) is 9.59 Å². The molecule has 0 bridgehead atoms. The lowest BCUT2D eigenvalue weighted by Gasteiger charge is -2.20. The molecule has 1 atom stereocenters. The van der Waals surface area contributed by atoms with Crippen LogP contribution in [-0.4, -0.2) is 45.5 Å². The number of ether oxygens (including phenoxy) is 1. The molecule has 2 aromatic rings. The highest BCUT2D eigenvalue weighted by Gasteiger charge is 2.28. The molecule has 0 saturated carbocycles. The summed E-state index contributed by atoms with van der Waals surface area (Å²) in [5.74, 6) is -0.758. The van der Waals surface area contributed by atoms with Gasteiger partial charge >= 0.3 is 5.97 Å². The molecule has 3 rings (SSSR count). The number of aryl methyl sites for hydroxylation is 2. The second-order valence-corrected chi connectivity index (χ2v) is 6.98. The van der Waals surface area contributed by atoms with Gasteiger partial charge in [-0.1, -0.05) is 0 Å². The fraction of sp³-hybridized carbons (Fsp3) is 0.500. The van der Waals surface area contributed by atoms with Crippen molar-refractivity contribution in [3.63, 3.8) is 0 Å².